The summed E-state index contributed by atoms with van der Waals surface area (Å²) in [5.74, 6) is -2.87. The van der Waals surface area contributed by atoms with E-state index in [1.54, 1.807) is 13.0 Å². The fourth-order valence-electron chi connectivity index (χ4n) is 3.51. The number of carbonyl (C=O) groups excluding carboxylic acids is 3. The van der Waals surface area contributed by atoms with Crippen LogP contribution >= 0.6 is 11.3 Å². The number of amides is 1. The van der Waals surface area contributed by atoms with Crippen molar-refractivity contribution in [2.24, 2.45) is 5.92 Å². The smallest absolute Gasteiger partial charge is 0.297 e. The average Bonchev–Trinajstić information content (AvgIpc) is 3.43. The number of benzene rings is 1. The lowest BCUT2D eigenvalue weighted by Gasteiger charge is -2.24. The van der Waals surface area contributed by atoms with Crippen molar-refractivity contribution in [1.29, 1.82) is 0 Å². The molecule has 1 aromatic carbocycles. The third kappa shape index (κ3) is 3.29. The molecule has 2 unspecified atom stereocenters. The minimum absolute atomic E-state index is 0.0512. The predicted molar refractivity (Wildman–Crippen MR) is 107 cm³/mol. The summed E-state index contributed by atoms with van der Waals surface area (Å²) in [6, 6.07) is 9.88. The summed E-state index contributed by atoms with van der Waals surface area (Å²) >= 11 is 1.20. The maximum atomic E-state index is 13.1. The molecular formula is C21H19N3O4S. The van der Waals surface area contributed by atoms with Gasteiger partial charge in [-0.15, -0.1) is 10.2 Å². The molecule has 0 bridgehead atoms. The minimum Gasteiger partial charge on any atom is -0.461 e. The van der Waals surface area contributed by atoms with Crippen molar-refractivity contribution >= 4 is 33.9 Å². The van der Waals surface area contributed by atoms with E-state index in [1.165, 1.54) is 28.6 Å². The molecule has 1 aliphatic rings. The van der Waals surface area contributed by atoms with E-state index >= 15 is 0 Å². The van der Waals surface area contributed by atoms with Crippen LogP contribution in [0, 0.1) is 12.8 Å². The van der Waals surface area contributed by atoms with Crippen molar-refractivity contribution in [1.82, 2.24) is 10.2 Å². The molecular weight excluding hydrogens is 390 g/mol. The first-order chi connectivity index (χ1) is 13.9. The summed E-state index contributed by atoms with van der Waals surface area (Å²) in [6.07, 6.45) is 1.37. The maximum absolute atomic E-state index is 13.1. The Labute approximate surface area is 171 Å². The standard InChI is InChI=1S/C21H19N3O4S/c1-11(2)13-6-8-14(9-7-13)17-16(18(25)15-5-4-10-28-15)19(26)20(27)24(17)21-23-22-12(3)29-21/h4-11,16-17H,1-3H3. The second kappa shape index (κ2) is 7.36. The number of carbonyl (C=O) groups is 3. The van der Waals surface area contributed by atoms with Gasteiger partial charge in [-0.25, -0.2) is 0 Å². The van der Waals surface area contributed by atoms with Gasteiger partial charge in [0, 0.05) is 0 Å². The molecule has 2 atom stereocenters. The van der Waals surface area contributed by atoms with E-state index in [0.29, 0.717) is 21.6 Å². The molecule has 7 nitrogen and oxygen atoms in total. The first-order valence-corrected chi connectivity index (χ1v) is 10.0. The molecule has 0 N–H and O–H groups in total. The molecule has 1 amide bonds. The van der Waals surface area contributed by atoms with E-state index in [-0.39, 0.29) is 5.76 Å². The lowest BCUT2D eigenvalue weighted by molar-refractivity contribution is -0.135. The number of aromatic nitrogens is 2. The number of nitrogens with zero attached hydrogens (tertiary/aromatic N) is 3. The van der Waals surface area contributed by atoms with Gasteiger partial charge in [0.2, 0.25) is 16.7 Å². The van der Waals surface area contributed by atoms with Gasteiger partial charge in [0.15, 0.2) is 5.76 Å². The first kappa shape index (κ1) is 19.2. The van der Waals surface area contributed by atoms with Gasteiger partial charge in [0.1, 0.15) is 10.9 Å². The molecule has 1 saturated heterocycles. The molecule has 3 heterocycles. The van der Waals surface area contributed by atoms with Gasteiger partial charge in [-0.2, -0.15) is 0 Å². The Morgan fingerprint density at radius 3 is 2.41 bits per heavy atom. The molecule has 0 spiro atoms. The highest BCUT2D eigenvalue weighted by Crippen LogP contribution is 2.42. The normalized spacial score (nSPS) is 19.4. The fourth-order valence-corrected chi connectivity index (χ4v) is 4.24. The Bertz CT molecular complexity index is 1070. The highest BCUT2D eigenvalue weighted by atomic mass is 32.1. The minimum atomic E-state index is -1.21. The zero-order valence-electron chi connectivity index (χ0n) is 16.2. The topological polar surface area (TPSA) is 93.4 Å². The van der Waals surface area contributed by atoms with E-state index in [4.69, 9.17) is 4.42 Å². The third-order valence-electron chi connectivity index (χ3n) is 5.02. The van der Waals surface area contributed by atoms with Gasteiger partial charge in [0.05, 0.1) is 12.3 Å². The summed E-state index contributed by atoms with van der Waals surface area (Å²) in [6.45, 7) is 5.93. The maximum Gasteiger partial charge on any atom is 0.297 e. The largest absolute Gasteiger partial charge is 0.461 e. The number of ketones is 2. The first-order valence-electron chi connectivity index (χ1n) is 9.23. The zero-order chi connectivity index (χ0) is 20.7. The second-order valence-electron chi connectivity index (χ2n) is 7.23. The zero-order valence-corrected chi connectivity index (χ0v) is 17.0. The van der Waals surface area contributed by atoms with Crippen molar-refractivity contribution in [3.8, 4) is 0 Å². The summed E-state index contributed by atoms with van der Waals surface area (Å²) in [7, 11) is 0. The Morgan fingerprint density at radius 2 is 1.86 bits per heavy atom. The van der Waals surface area contributed by atoms with Crippen molar-refractivity contribution < 1.29 is 18.8 Å². The predicted octanol–water partition coefficient (Wildman–Crippen LogP) is 3.72. The summed E-state index contributed by atoms with van der Waals surface area (Å²) in [4.78, 5) is 40.2. The van der Waals surface area contributed by atoms with Crippen LogP contribution < -0.4 is 4.90 Å². The van der Waals surface area contributed by atoms with E-state index in [2.05, 4.69) is 24.0 Å². The van der Waals surface area contributed by atoms with E-state index in [1.807, 2.05) is 24.3 Å². The van der Waals surface area contributed by atoms with Crippen LogP contribution in [0.1, 0.15) is 52.5 Å². The van der Waals surface area contributed by atoms with Gasteiger partial charge in [-0.05, 0) is 36.1 Å². The van der Waals surface area contributed by atoms with Gasteiger partial charge < -0.3 is 4.42 Å². The Morgan fingerprint density at radius 1 is 1.14 bits per heavy atom. The van der Waals surface area contributed by atoms with Crippen LogP contribution in [0.25, 0.3) is 0 Å². The Hall–Kier alpha value is -3.13. The highest BCUT2D eigenvalue weighted by Gasteiger charge is 2.54. The summed E-state index contributed by atoms with van der Waals surface area (Å²) in [5.41, 5.74) is 1.81. The number of aryl methyl sites for hydroxylation is 1. The van der Waals surface area contributed by atoms with Gasteiger partial charge in [-0.1, -0.05) is 49.4 Å². The number of Topliss-reactive ketones (excluding diaryl/α,β-unsaturated/α-hetero) is 2. The van der Waals surface area contributed by atoms with Crippen LogP contribution in [-0.2, 0) is 9.59 Å². The van der Waals surface area contributed by atoms with Gasteiger partial charge >= 0.3 is 0 Å². The number of rotatable bonds is 5. The van der Waals surface area contributed by atoms with E-state index in [0.717, 1.165) is 5.56 Å². The SMILES string of the molecule is Cc1nnc(N2C(=O)C(=O)C(C(=O)c3ccco3)C2c2ccc(C(C)C)cc2)s1. The second-order valence-corrected chi connectivity index (χ2v) is 8.39. The highest BCUT2D eigenvalue weighted by molar-refractivity contribution is 7.15. The lowest BCUT2D eigenvalue weighted by Crippen LogP contribution is -2.30. The number of hydrogen-bond donors (Lipinski definition) is 0. The van der Waals surface area contributed by atoms with Gasteiger partial charge in [0.25, 0.3) is 5.91 Å². The quantitative estimate of drug-likeness (QED) is 0.362. The van der Waals surface area contributed by atoms with Crippen LogP contribution in [-0.4, -0.2) is 27.7 Å². The number of hydrogen-bond acceptors (Lipinski definition) is 7. The number of furan rings is 1. The summed E-state index contributed by atoms with van der Waals surface area (Å²) < 4.78 is 5.21. The average molecular weight is 409 g/mol. The Balaban J connectivity index is 1.83. The molecule has 8 heteroatoms. The monoisotopic (exact) mass is 409 g/mol. The van der Waals surface area contributed by atoms with Crippen LogP contribution in [0.2, 0.25) is 0 Å². The number of anilines is 1. The molecule has 2 aromatic heterocycles. The van der Waals surface area contributed by atoms with Crippen LogP contribution in [0.3, 0.4) is 0 Å². The van der Waals surface area contributed by atoms with E-state index < -0.39 is 29.4 Å². The van der Waals surface area contributed by atoms with E-state index in [9.17, 15) is 14.4 Å². The van der Waals surface area contributed by atoms with Crippen molar-refractivity contribution in [2.45, 2.75) is 32.7 Å². The molecule has 1 aliphatic heterocycles. The van der Waals surface area contributed by atoms with Crippen LogP contribution in [0.15, 0.2) is 47.1 Å². The Kier molecular flexibility index (Phi) is 4.87. The van der Waals surface area contributed by atoms with Crippen molar-refractivity contribution in [3.63, 3.8) is 0 Å². The molecule has 0 saturated carbocycles. The molecule has 0 radical (unpaired) electrons. The molecule has 148 valence electrons. The lowest BCUT2D eigenvalue weighted by atomic mass is 9.87. The van der Waals surface area contributed by atoms with Crippen LogP contribution in [0.5, 0.6) is 0 Å². The molecule has 3 aromatic rings. The van der Waals surface area contributed by atoms with Crippen LogP contribution in [0.4, 0.5) is 5.13 Å². The van der Waals surface area contributed by atoms with Gasteiger partial charge in [-0.3, -0.25) is 19.3 Å². The molecule has 4 rings (SSSR count). The van der Waals surface area contributed by atoms with Crippen molar-refractivity contribution in [3.05, 3.63) is 64.6 Å². The van der Waals surface area contributed by atoms with Crippen molar-refractivity contribution in [2.75, 3.05) is 4.90 Å². The molecule has 1 fully saturated rings. The summed E-state index contributed by atoms with van der Waals surface area (Å²) in [5, 5.41) is 8.97. The molecule has 29 heavy (non-hydrogen) atoms. The molecule has 0 aliphatic carbocycles. The third-order valence-corrected chi connectivity index (χ3v) is 5.86. The fraction of sp³-hybridized carbons (Fsp3) is 0.286.